The topological polar surface area (TPSA) is 125 Å². The van der Waals surface area contributed by atoms with Crippen molar-refractivity contribution in [3.63, 3.8) is 0 Å². The van der Waals surface area contributed by atoms with E-state index in [2.05, 4.69) is 30.4 Å². The van der Waals surface area contributed by atoms with Crippen LogP contribution < -0.4 is 10.9 Å². The normalized spacial score (nSPS) is 14.2. The summed E-state index contributed by atoms with van der Waals surface area (Å²) in [7, 11) is 0. The Bertz CT molecular complexity index is 1360. The molecule has 0 unspecified atom stereocenters. The highest BCUT2D eigenvalue weighted by molar-refractivity contribution is 6.42. The number of fused-ring (bicyclic) bond motifs is 1. The Morgan fingerprint density at radius 2 is 1.97 bits per heavy atom. The van der Waals surface area contributed by atoms with Gasteiger partial charge in [-0.15, -0.1) is 12.4 Å². The highest BCUT2D eigenvalue weighted by Gasteiger charge is 2.27. The van der Waals surface area contributed by atoms with Gasteiger partial charge < -0.3 is 15.2 Å². The highest BCUT2D eigenvalue weighted by atomic mass is 35.5. The van der Waals surface area contributed by atoms with Gasteiger partial charge in [-0.25, -0.2) is 9.97 Å². The van der Waals surface area contributed by atoms with Gasteiger partial charge in [-0.2, -0.15) is 5.10 Å². The lowest BCUT2D eigenvalue weighted by atomic mass is 10.0. The van der Waals surface area contributed by atoms with E-state index in [9.17, 15) is 9.59 Å². The third-order valence-corrected chi connectivity index (χ3v) is 6.46. The zero-order chi connectivity index (χ0) is 22.9. The van der Waals surface area contributed by atoms with Crippen molar-refractivity contribution in [2.45, 2.75) is 25.4 Å². The van der Waals surface area contributed by atoms with Gasteiger partial charge in [-0.3, -0.25) is 19.3 Å². The molecule has 0 aliphatic carbocycles. The van der Waals surface area contributed by atoms with E-state index < -0.39 is 0 Å². The van der Waals surface area contributed by atoms with Crippen LogP contribution in [-0.2, 0) is 6.54 Å². The van der Waals surface area contributed by atoms with Gasteiger partial charge in [0.2, 0.25) is 5.95 Å². The van der Waals surface area contributed by atoms with Crippen molar-refractivity contribution in [2.75, 3.05) is 18.4 Å². The van der Waals surface area contributed by atoms with Gasteiger partial charge in [0.15, 0.2) is 5.52 Å². The third-order valence-electron chi connectivity index (χ3n) is 5.73. The number of imidazole rings is 1. The number of aromatic nitrogens is 6. The minimum absolute atomic E-state index is 0. The molecule has 4 heterocycles. The molecule has 34 heavy (non-hydrogen) atoms. The number of hydrogen-bond acceptors (Lipinski definition) is 6. The van der Waals surface area contributed by atoms with E-state index in [1.807, 2.05) is 6.07 Å². The molecule has 4 aromatic rings. The second kappa shape index (κ2) is 10.0. The van der Waals surface area contributed by atoms with Crippen LogP contribution in [0.4, 0.5) is 5.95 Å². The number of aromatic amines is 2. The second-order valence-electron chi connectivity index (χ2n) is 7.83. The largest absolute Gasteiger partial charge is 0.352 e. The molecule has 1 saturated heterocycles. The molecule has 0 spiro atoms. The van der Waals surface area contributed by atoms with Crippen LogP contribution >= 0.6 is 35.6 Å². The Labute approximate surface area is 210 Å². The van der Waals surface area contributed by atoms with Gasteiger partial charge in [-0.05, 0) is 30.5 Å². The fraction of sp³-hybridized carbons (Fsp3) is 0.286. The number of hydrogen-bond donors (Lipinski definition) is 3. The molecule has 5 rings (SSSR count). The summed E-state index contributed by atoms with van der Waals surface area (Å²) in [5.41, 5.74) is 2.03. The fourth-order valence-electron chi connectivity index (χ4n) is 4.02. The van der Waals surface area contributed by atoms with Gasteiger partial charge in [0.05, 0.1) is 34.8 Å². The zero-order valence-electron chi connectivity index (χ0n) is 17.8. The number of likely N-dealkylation sites (tertiary alicyclic amines) is 1. The Kier molecular flexibility index (Phi) is 7.11. The average Bonchev–Trinajstić information content (AvgIpc) is 3.50. The van der Waals surface area contributed by atoms with Crippen LogP contribution in [0, 0.1) is 0 Å². The molecule has 1 fully saturated rings. The maximum absolute atomic E-state index is 12.9. The van der Waals surface area contributed by atoms with Gasteiger partial charge in [-0.1, -0.05) is 29.3 Å². The first-order valence-corrected chi connectivity index (χ1v) is 11.2. The van der Waals surface area contributed by atoms with E-state index >= 15 is 0 Å². The molecule has 3 N–H and O–H groups in total. The van der Waals surface area contributed by atoms with Crippen LogP contribution in [-0.4, -0.2) is 53.6 Å². The number of piperidine rings is 1. The summed E-state index contributed by atoms with van der Waals surface area (Å²) in [4.78, 5) is 41.2. The van der Waals surface area contributed by atoms with Crippen LogP contribution in [0.25, 0.3) is 11.0 Å². The van der Waals surface area contributed by atoms with Gasteiger partial charge >= 0.3 is 0 Å². The monoisotopic (exact) mass is 522 g/mol. The number of rotatable bonds is 5. The standard InChI is InChI=1S/C21H20Cl2N8O2.ClH/c22-14-2-1-12(7-15(14)23)8-25-21-28-16-10-27-31(18(16)19(32)29-21)13-3-5-30(6-4-13)20(33)17-9-24-11-26-17;/h1-2,7,9-11,13H,3-6,8H2,(H,24,26)(H2,25,28,29,32);1H. The van der Waals surface area contributed by atoms with Gasteiger partial charge in [0.1, 0.15) is 11.2 Å². The molecule has 10 nitrogen and oxygen atoms in total. The van der Waals surface area contributed by atoms with Crippen LogP contribution in [0.1, 0.15) is 34.9 Å². The minimum Gasteiger partial charge on any atom is -0.352 e. The van der Waals surface area contributed by atoms with Crippen molar-refractivity contribution in [1.82, 2.24) is 34.6 Å². The number of halogens is 3. The van der Waals surface area contributed by atoms with E-state index in [0.29, 0.717) is 65.2 Å². The molecule has 0 saturated carbocycles. The Morgan fingerprint density at radius 1 is 1.18 bits per heavy atom. The first-order valence-electron chi connectivity index (χ1n) is 10.4. The number of nitrogens with zero attached hydrogens (tertiary/aromatic N) is 5. The number of amides is 1. The molecule has 0 atom stereocenters. The third kappa shape index (κ3) is 4.75. The first kappa shape index (κ1) is 24.1. The first-order chi connectivity index (χ1) is 16.0. The summed E-state index contributed by atoms with van der Waals surface area (Å²) in [6.07, 6.45) is 5.98. The summed E-state index contributed by atoms with van der Waals surface area (Å²) in [5.74, 6) is 0.270. The summed E-state index contributed by atoms with van der Waals surface area (Å²) in [6, 6.07) is 5.33. The minimum atomic E-state index is -0.273. The van der Waals surface area contributed by atoms with E-state index in [1.54, 1.807) is 27.9 Å². The van der Waals surface area contributed by atoms with E-state index in [1.165, 1.54) is 12.5 Å². The number of carbonyl (C=O) groups is 1. The van der Waals surface area contributed by atoms with E-state index in [4.69, 9.17) is 23.2 Å². The summed E-state index contributed by atoms with van der Waals surface area (Å²) >= 11 is 12.0. The molecule has 1 amide bonds. The lowest BCUT2D eigenvalue weighted by Crippen LogP contribution is -2.39. The average molecular weight is 524 g/mol. The number of anilines is 1. The molecule has 178 valence electrons. The molecule has 1 aliphatic heterocycles. The van der Waals surface area contributed by atoms with Crippen molar-refractivity contribution in [2.24, 2.45) is 0 Å². The zero-order valence-corrected chi connectivity index (χ0v) is 20.1. The lowest BCUT2D eigenvalue weighted by Gasteiger charge is -2.31. The summed E-state index contributed by atoms with van der Waals surface area (Å²) in [5, 5.41) is 8.49. The van der Waals surface area contributed by atoms with Crippen LogP contribution in [0.3, 0.4) is 0 Å². The Balaban J connectivity index is 0.00000274. The van der Waals surface area contributed by atoms with Crippen LogP contribution in [0.2, 0.25) is 10.0 Å². The SMILES string of the molecule is Cl.O=C(c1cnc[nH]1)N1CCC(n2ncc3nc(NCc4ccc(Cl)c(Cl)c4)[nH]c(=O)c32)CC1. The second-order valence-corrected chi connectivity index (χ2v) is 8.64. The maximum Gasteiger partial charge on any atom is 0.278 e. The molecule has 0 radical (unpaired) electrons. The van der Waals surface area contributed by atoms with E-state index in [0.717, 1.165) is 5.56 Å². The summed E-state index contributed by atoms with van der Waals surface area (Å²) < 4.78 is 1.72. The molecular formula is C21H21Cl3N8O2. The van der Waals surface area contributed by atoms with Crippen molar-refractivity contribution < 1.29 is 4.79 Å². The fourth-order valence-corrected chi connectivity index (χ4v) is 4.34. The van der Waals surface area contributed by atoms with E-state index in [-0.39, 0.29) is 29.9 Å². The van der Waals surface area contributed by atoms with Gasteiger partial charge in [0.25, 0.3) is 11.5 Å². The Morgan fingerprint density at radius 3 is 2.68 bits per heavy atom. The van der Waals surface area contributed by atoms with Crippen molar-refractivity contribution in [3.05, 3.63) is 68.6 Å². The number of nitrogens with one attached hydrogen (secondary N) is 3. The Hall–Kier alpha value is -3.08. The quantitative estimate of drug-likeness (QED) is 0.367. The van der Waals surface area contributed by atoms with Gasteiger partial charge in [0, 0.05) is 19.6 Å². The van der Waals surface area contributed by atoms with Crippen molar-refractivity contribution in [1.29, 1.82) is 0 Å². The number of H-pyrrole nitrogens is 2. The molecule has 3 aromatic heterocycles. The smallest absolute Gasteiger partial charge is 0.278 e. The maximum atomic E-state index is 12.9. The van der Waals surface area contributed by atoms with Crippen molar-refractivity contribution >= 4 is 58.5 Å². The van der Waals surface area contributed by atoms with Crippen LogP contribution in [0.15, 0.2) is 41.7 Å². The molecule has 13 heteroatoms. The molecule has 0 bridgehead atoms. The molecule has 1 aromatic carbocycles. The number of benzene rings is 1. The highest BCUT2D eigenvalue weighted by Crippen LogP contribution is 2.26. The molecular weight excluding hydrogens is 503 g/mol. The van der Waals surface area contributed by atoms with Crippen molar-refractivity contribution in [3.8, 4) is 0 Å². The van der Waals surface area contributed by atoms with Crippen LogP contribution in [0.5, 0.6) is 0 Å². The summed E-state index contributed by atoms with van der Waals surface area (Å²) in [6.45, 7) is 1.55. The lowest BCUT2D eigenvalue weighted by molar-refractivity contribution is 0.0686. The number of carbonyl (C=O) groups excluding carboxylic acids is 1. The predicted octanol–water partition coefficient (Wildman–Crippen LogP) is 3.66. The predicted molar refractivity (Wildman–Crippen MR) is 132 cm³/mol. The molecule has 1 aliphatic rings.